The highest BCUT2D eigenvalue weighted by Crippen LogP contribution is 2.48. The van der Waals surface area contributed by atoms with Crippen LogP contribution in [-0.4, -0.2) is 73.3 Å². The number of aliphatic hydroxyl groups excluding tert-OH is 2. The maximum atomic E-state index is 13.7. The first-order valence-electron chi connectivity index (χ1n) is 11.2. The Morgan fingerprint density at radius 1 is 1.27 bits per heavy atom. The number of carbonyl (C=O) groups excluding carboxylic acids is 1. The molecule has 0 aliphatic carbocycles. The number of hydrogen-bond donors (Lipinski definition) is 5. The Morgan fingerprint density at radius 2 is 1.97 bits per heavy atom. The molecule has 1 aliphatic heterocycles. The number of nitrogen functional groups attached to an aromatic ring is 1. The third-order valence-electron chi connectivity index (χ3n) is 5.64. The van der Waals surface area contributed by atoms with Crippen LogP contribution in [0.1, 0.15) is 20.1 Å². The summed E-state index contributed by atoms with van der Waals surface area (Å²) < 4.78 is 36.8. The van der Waals surface area contributed by atoms with Gasteiger partial charge in [-0.2, -0.15) is 10.1 Å². The maximum absolute atomic E-state index is 13.7. The standard InChI is InChI=1S/C21H27N6O9P/c1-10(20(31)33-3)26-37(32,36-12-7-5-4-6-8-12)35-11(2)16-14(28)15(29)19(34-16)27-9-23-13-17(27)24-21(22)25-18(13)30/h4-11,14-16,19,28-29H,1-3H3,(H,26,32)(H3,22,24,25,30)/t10?,11?,14?,15?,16-,19-,37?/m1/s1. The van der Waals surface area contributed by atoms with Gasteiger partial charge in [-0.3, -0.25) is 23.7 Å². The molecule has 1 fully saturated rings. The Morgan fingerprint density at radius 3 is 2.65 bits per heavy atom. The molecule has 3 heterocycles. The number of benzene rings is 1. The summed E-state index contributed by atoms with van der Waals surface area (Å²) in [5, 5.41) is 24.0. The summed E-state index contributed by atoms with van der Waals surface area (Å²) >= 11 is 0. The molecule has 0 spiro atoms. The molecule has 1 saturated heterocycles. The van der Waals surface area contributed by atoms with Gasteiger partial charge in [0.15, 0.2) is 17.4 Å². The molecule has 0 bridgehead atoms. The lowest BCUT2D eigenvalue weighted by atomic mass is 10.1. The SMILES string of the molecule is COC(=O)C(C)NP(=O)(Oc1ccccc1)OC(C)[C@H]1O[C@@H](n2cnc3c(=O)[nH]c(N)nc32)C(O)C1O. The zero-order valence-corrected chi connectivity index (χ0v) is 20.9. The number of para-hydroxylation sites is 1. The molecule has 2 aromatic heterocycles. The summed E-state index contributed by atoms with van der Waals surface area (Å²) in [5.41, 5.74) is 5.02. The summed E-state index contributed by atoms with van der Waals surface area (Å²) in [6.07, 6.45) is -5.41. The molecule has 3 aromatic rings. The number of nitrogens with zero attached hydrogens (tertiary/aromatic N) is 3. The van der Waals surface area contributed by atoms with Gasteiger partial charge in [-0.05, 0) is 26.0 Å². The van der Waals surface area contributed by atoms with Crippen LogP contribution in [0.4, 0.5) is 5.95 Å². The van der Waals surface area contributed by atoms with Crippen molar-refractivity contribution in [2.24, 2.45) is 0 Å². The van der Waals surface area contributed by atoms with Crippen molar-refractivity contribution in [1.82, 2.24) is 24.6 Å². The van der Waals surface area contributed by atoms with Gasteiger partial charge in [0.05, 0.1) is 19.5 Å². The van der Waals surface area contributed by atoms with Crippen LogP contribution in [0.15, 0.2) is 41.5 Å². The number of nitrogens with two attached hydrogens (primary N) is 1. The zero-order valence-electron chi connectivity index (χ0n) is 20.0. The summed E-state index contributed by atoms with van der Waals surface area (Å²) in [5.74, 6) is -0.702. The number of aromatic nitrogens is 4. The third kappa shape index (κ3) is 5.51. The van der Waals surface area contributed by atoms with E-state index in [1.165, 1.54) is 44.0 Å². The number of aromatic amines is 1. The lowest BCUT2D eigenvalue weighted by Gasteiger charge is -2.28. The van der Waals surface area contributed by atoms with Gasteiger partial charge >= 0.3 is 13.7 Å². The molecule has 6 N–H and O–H groups in total. The van der Waals surface area contributed by atoms with E-state index < -0.39 is 56.0 Å². The minimum Gasteiger partial charge on any atom is -0.468 e. The molecule has 15 nitrogen and oxygen atoms in total. The zero-order chi connectivity index (χ0) is 26.9. The minimum atomic E-state index is -4.27. The fourth-order valence-electron chi connectivity index (χ4n) is 3.88. The molecular formula is C21H27N6O9P. The quantitative estimate of drug-likeness (QED) is 0.180. The van der Waals surface area contributed by atoms with Crippen LogP contribution in [0.5, 0.6) is 5.75 Å². The van der Waals surface area contributed by atoms with Gasteiger partial charge in [0.2, 0.25) is 5.95 Å². The number of nitrogens with one attached hydrogen (secondary N) is 2. The molecule has 1 aliphatic rings. The van der Waals surface area contributed by atoms with E-state index in [2.05, 4.69) is 24.8 Å². The molecule has 0 radical (unpaired) electrons. The Labute approximate surface area is 210 Å². The fourth-order valence-corrected chi connectivity index (χ4v) is 5.57. The molecule has 7 atom stereocenters. The van der Waals surface area contributed by atoms with Gasteiger partial charge in [-0.25, -0.2) is 9.55 Å². The Kier molecular flexibility index (Phi) is 7.64. The first kappa shape index (κ1) is 26.7. The van der Waals surface area contributed by atoms with E-state index in [1.54, 1.807) is 18.2 Å². The average molecular weight is 538 g/mol. The minimum absolute atomic E-state index is 0.0263. The van der Waals surface area contributed by atoms with Gasteiger partial charge in [0.1, 0.15) is 30.1 Å². The first-order valence-corrected chi connectivity index (χ1v) is 12.7. The molecule has 200 valence electrons. The number of rotatable bonds is 9. The number of fused-ring (bicyclic) bond motifs is 1. The maximum Gasteiger partial charge on any atom is 0.459 e. The van der Waals surface area contributed by atoms with E-state index in [0.29, 0.717) is 0 Å². The van der Waals surface area contributed by atoms with Crippen LogP contribution in [0.3, 0.4) is 0 Å². The van der Waals surface area contributed by atoms with Crippen molar-refractivity contribution in [3.05, 3.63) is 47.0 Å². The third-order valence-corrected chi connectivity index (χ3v) is 7.41. The average Bonchev–Trinajstić information content (AvgIpc) is 3.39. The van der Waals surface area contributed by atoms with E-state index >= 15 is 0 Å². The number of imidazole rings is 1. The predicted molar refractivity (Wildman–Crippen MR) is 128 cm³/mol. The van der Waals surface area contributed by atoms with Crippen molar-refractivity contribution in [2.45, 2.75) is 50.5 Å². The molecule has 5 unspecified atom stereocenters. The number of hydrogen-bond acceptors (Lipinski definition) is 12. The lowest BCUT2D eigenvalue weighted by Crippen LogP contribution is -2.41. The van der Waals surface area contributed by atoms with Crippen LogP contribution in [0.2, 0.25) is 0 Å². The summed E-state index contributed by atoms with van der Waals surface area (Å²) in [7, 11) is -3.09. The Balaban J connectivity index is 1.58. The largest absolute Gasteiger partial charge is 0.468 e. The molecule has 16 heteroatoms. The number of ether oxygens (including phenoxy) is 2. The van der Waals surface area contributed by atoms with Gasteiger partial charge < -0.3 is 29.9 Å². The second-order valence-electron chi connectivity index (χ2n) is 8.33. The van der Waals surface area contributed by atoms with E-state index in [-0.39, 0.29) is 22.9 Å². The lowest BCUT2D eigenvalue weighted by molar-refractivity contribution is -0.142. The van der Waals surface area contributed by atoms with Crippen molar-refractivity contribution in [1.29, 1.82) is 0 Å². The van der Waals surface area contributed by atoms with Crippen molar-refractivity contribution in [3.8, 4) is 5.75 Å². The van der Waals surface area contributed by atoms with Crippen molar-refractivity contribution in [2.75, 3.05) is 12.8 Å². The summed E-state index contributed by atoms with van der Waals surface area (Å²) in [4.78, 5) is 34.4. The molecule has 0 saturated carbocycles. The van der Waals surface area contributed by atoms with Gasteiger partial charge in [0.25, 0.3) is 5.56 Å². The second-order valence-corrected chi connectivity index (χ2v) is 9.98. The van der Waals surface area contributed by atoms with Crippen LogP contribution in [-0.2, 0) is 23.4 Å². The highest BCUT2D eigenvalue weighted by atomic mass is 31.2. The number of aliphatic hydroxyl groups is 2. The Bertz CT molecular complexity index is 1370. The number of carbonyl (C=O) groups is 1. The smallest absolute Gasteiger partial charge is 0.459 e. The topological polar surface area (TPSA) is 213 Å². The van der Waals surface area contributed by atoms with E-state index in [1.807, 2.05) is 0 Å². The number of esters is 1. The Hall–Kier alpha value is -3.33. The fraction of sp³-hybridized carbons (Fsp3) is 0.429. The van der Waals surface area contributed by atoms with Crippen LogP contribution < -0.4 is 20.9 Å². The van der Waals surface area contributed by atoms with Gasteiger partial charge in [-0.1, -0.05) is 18.2 Å². The van der Waals surface area contributed by atoms with Crippen molar-refractivity contribution in [3.63, 3.8) is 0 Å². The summed E-state index contributed by atoms with van der Waals surface area (Å²) in [6, 6.07) is 7.03. The van der Waals surface area contributed by atoms with E-state index in [0.717, 1.165) is 0 Å². The van der Waals surface area contributed by atoms with E-state index in [4.69, 9.17) is 19.5 Å². The molecule has 4 rings (SSSR count). The van der Waals surface area contributed by atoms with Gasteiger partial charge in [0, 0.05) is 0 Å². The second kappa shape index (κ2) is 10.6. The first-order chi connectivity index (χ1) is 17.5. The highest BCUT2D eigenvalue weighted by molar-refractivity contribution is 7.52. The summed E-state index contributed by atoms with van der Waals surface area (Å²) in [6.45, 7) is 2.85. The number of H-pyrrole nitrogens is 1. The van der Waals surface area contributed by atoms with E-state index in [9.17, 15) is 24.4 Å². The van der Waals surface area contributed by atoms with Crippen molar-refractivity contribution >= 4 is 30.8 Å². The molecule has 37 heavy (non-hydrogen) atoms. The monoisotopic (exact) mass is 538 g/mol. The van der Waals surface area contributed by atoms with Crippen LogP contribution in [0.25, 0.3) is 11.2 Å². The molecule has 0 amide bonds. The molecule has 1 aromatic carbocycles. The highest BCUT2D eigenvalue weighted by Gasteiger charge is 2.49. The number of anilines is 1. The normalized spacial score (nSPS) is 24.9. The predicted octanol–water partition coefficient (Wildman–Crippen LogP) is 0.0643. The van der Waals surface area contributed by atoms with Crippen molar-refractivity contribution < 1.29 is 38.1 Å². The van der Waals surface area contributed by atoms with Crippen LogP contribution >= 0.6 is 7.75 Å². The molecular weight excluding hydrogens is 511 g/mol. The number of methoxy groups -OCH3 is 1. The van der Waals surface area contributed by atoms with Crippen LogP contribution in [0, 0.1) is 0 Å². The van der Waals surface area contributed by atoms with Gasteiger partial charge in [-0.15, -0.1) is 0 Å².